The Morgan fingerprint density at radius 2 is 0.918 bits per heavy atom. The summed E-state index contributed by atoms with van der Waals surface area (Å²) in [6, 6.07) is 18.0. The van der Waals surface area contributed by atoms with E-state index < -0.39 is 65.3 Å². The van der Waals surface area contributed by atoms with Gasteiger partial charge >= 0.3 is 11.9 Å². The Balaban J connectivity index is 1.53. The number of carboxylic acid groups (broad SMARTS) is 2. The fourth-order valence-electron chi connectivity index (χ4n) is 6.38. The molecule has 0 spiro atoms. The fourth-order valence-corrected chi connectivity index (χ4v) is 6.38. The lowest BCUT2D eigenvalue weighted by Gasteiger charge is -2.51. The van der Waals surface area contributed by atoms with Crippen LogP contribution in [0.5, 0.6) is 28.7 Å². The molecule has 5 rings (SSSR count). The molecule has 0 aromatic heterocycles. The van der Waals surface area contributed by atoms with Gasteiger partial charge in [0.15, 0.2) is 0 Å². The van der Waals surface area contributed by atoms with Crippen LogP contribution in [0.2, 0.25) is 0 Å². The van der Waals surface area contributed by atoms with Crippen molar-refractivity contribution in [3.63, 3.8) is 0 Å². The van der Waals surface area contributed by atoms with Gasteiger partial charge in [-0.15, -0.1) is 0 Å². The van der Waals surface area contributed by atoms with Crippen molar-refractivity contribution in [2.45, 2.75) is 36.8 Å². The van der Waals surface area contributed by atoms with Crippen LogP contribution < -0.4 is 10.6 Å². The lowest BCUT2D eigenvalue weighted by atomic mass is 9.51. The van der Waals surface area contributed by atoms with Gasteiger partial charge in [-0.05, 0) is 64.7 Å². The molecular weight excluding hydrogens is 636 g/mol. The molecule has 1 fully saturated rings. The summed E-state index contributed by atoms with van der Waals surface area (Å²) in [5, 5.41) is 75.2. The van der Waals surface area contributed by atoms with Gasteiger partial charge in [0, 0.05) is 30.7 Å². The molecule has 1 saturated carbocycles. The minimum absolute atomic E-state index is 0.0278. The number of benzene rings is 4. The summed E-state index contributed by atoms with van der Waals surface area (Å²) in [7, 11) is 0. The standard InChI is InChI=1S/C36H34N2O11/c39-21-7-1-18(2-8-21)15-26(35(46)47)37-33(44)31-29(20-5-11-23(41)12-6-20)32(30(31)25-14-13-24(42)17-28(25)43)34(45)38-27(36(48)49)16-19-3-9-22(40)10-4-19/h1-14,17,26-27,29-32,39-43H,15-16H2,(H,37,44)(H,38,45)(H,46,47)(H,48,49)/t26-,27+,29?,30?,31+,32-. The summed E-state index contributed by atoms with van der Waals surface area (Å²) >= 11 is 0. The average Bonchev–Trinajstić information content (AvgIpc) is 3.03. The minimum atomic E-state index is -1.43. The molecule has 0 bridgehead atoms. The van der Waals surface area contributed by atoms with E-state index >= 15 is 0 Å². The molecule has 0 heterocycles. The maximum Gasteiger partial charge on any atom is 0.326 e. The van der Waals surface area contributed by atoms with Crippen molar-refractivity contribution in [1.82, 2.24) is 10.6 Å². The van der Waals surface area contributed by atoms with Crippen molar-refractivity contribution in [1.29, 1.82) is 0 Å². The van der Waals surface area contributed by atoms with Crippen LogP contribution in [-0.2, 0) is 32.0 Å². The predicted molar refractivity (Wildman–Crippen MR) is 173 cm³/mol. The number of carboxylic acids is 2. The van der Waals surface area contributed by atoms with Crippen LogP contribution in [0.1, 0.15) is 34.1 Å². The lowest BCUT2D eigenvalue weighted by molar-refractivity contribution is -0.148. The number of carbonyl (C=O) groups excluding carboxylic acids is 2. The molecule has 0 radical (unpaired) electrons. The first-order valence-corrected chi connectivity index (χ1v) is 15.3. The first kappa shape index (κ1) is 34.1. The smallest absolute Gasteiger partial charge is 0.326 e. The molecule has 13 nitrogen and oxygen atoms in total. The van der Waals surface area contributed by atoms with E-state index in [1.54, 1.807) is 0 Å². The van der Waals surface area contributed by atoms with Crippen molar-refractivity contribution < 1.29 is 54.9 Å². The van der Waals surface area contributed by atoms with Gasteiger partial charge in [-0.2, -0.15) is 0 Å². The Labute approximate surface area is 279 Å². The molecule has 1 aliphatic carbocycles. The zero-order valence-electron chi connectivity index (χ0n) is 25.8. The number of aliphatic carboxylic acids is 2. The average molecular weight is 671 g/mol. The second-order valence-corrected chi connectivity index (χ2v) is 12.0. The number of hydrogen-bond donors (Lipinski definition) is 9. The summed E-state index contributed by atoms with van der Waals surface area (Å²) in [6.07, 6.45) is -0.289. The molecule has 9 N–H and O–H groups in total. The molecule has 0 aliphatic heterocycles. The van der Waals surface area contributed by atoms with E-state index in [0.29, 0.717) is 16.7 Å². The minimum Gasteiger partial charge on any atom is -0.508 e. The zero-order valence-corrected chi connectivity index (χ0v) is 25.8. The number of phenolic OH excluding ortho intramolecular Hbond substituents is 5. The number of nitrogens with one attached hydrogen (secondary N) is 2. The van der Waals surface area contributed by atoms with Gasteiger partial charge in [-0.3, -0.25) is 9.59 Å². The van der Waals surface area contributed by atoms with E-state index in [1.807, 2.05) is 0 Å². The van der Waals surface area contributed by atoms with E-state index in [0.717, 1.165) is 6.07 Å². The van der Waals surface area contributed by atoms with Gasteiger partial charge in [0.05, 0.1) is 11.8 Å². The summed E-state index contributed by atoms with van der Waals surface area (Å²) in [6.45, 7) is 0. The van der Waals surface area contributed by atoms with Crippen molar-refractivity contribution in [2.24, 2.45) is 11.8 Å². The van der Waals surface area contributed by atoms with E-state index in [1.165, 1.54) is 84.9 Å². The molecule has 2 amide bonds. The van der Waals surface area contributed by atoms with Crippen LogP contribution in [0, 0.1) is 11.8 Å². The van der Waals surface area contributed by atoms with Crippen LogP contribution >= 0.6 is 0 Å². The van der Waals surface area contributed by atoms with Crippen molar-refractivity contribution in [3.05, 3.63) is 113 Å². The summed E-state index contributed by atoms with van der Waals surface area (Å²) in [5.74, 6) is -9.60. The van der Waals surface area contributed by atoms with E-state index in [-0.39, 0.29) is 41.4 Å². The first-order valence-electron chi connectivity index (χ1n) is 15.3. The second-order valence-electron chi connectivity index (χ2n) is 12.0. The highest BCUT2D eigenvalue weighted by Gasteiger charge is 2.59. The summed E-state index contributed by atoms with van der Waals surface area (Å²) in [4.78, 5) is 52.8. The van der Waals surface area contributed by atoms with Crippen LogP contribution in [0.3, 0.4) is 0 Å². The third kappa shape index (κ3) is 7.67. The monoisotopic (exact) mass is 670 g/mol. The molecule has 4 aromatic carbocycles. The molecule has 6 atom stereocenters. The third-order valence-electron chi connectivity index (χ3n) is 8.79. The van der Waals surface area contributed by atoms with Gasteiger partial charge in [0.2, 0.25) is 11.8 Å². The highest BCUT2D eigenvalue weighted by Crippen LogP contribution is 2.59. The predicted octanol–water partition coefficient (Wildman–Crippen LogP) is 2.95. The third-order valence-corrected chi connectivity index (χ3v) is 8.79. The Morgan fingerprint density at radius 3 is 1.31 bits per heavy atom. The second kappa shape index (κ2) is 14.3. The number of carbonyl (C=O) groups is 4. The van der Waals surface area contributed by atoms with Crippen molar-refractivity contribution >= 4 is 23.8 Å². The summed E-state index contributed by atoms with van der Waals surface area (Å²) in [5.41, 5.74) is 1.51. The van der Waals surface area contributed by atoms with Crippen LogP contribution in [-0.4, -0.2) is 71.6 Å². The van der Waals surface area contributed by atoms with Crippen molar-refractivity contribution in [3.8, 4) is 28.7 Å². The molecule has 49 heavy (non-hydrogen) atoms. The molecule has 254 valence electrons. The maximum atomic E-state index is 14.1. The van der Waals surface area contributed by atoms with Gasteiger partial charge in [-0.1, -0.05) is 42.5 Å². The number of hydrogen-bond acceptors (Lipinski definition) is 9. The first-order chi connectivity index (χ1) is 23.3. The SMILES string of the molecule is O=C(N[C@@H](Cc1ccc(O)cc1)C(=O)O)[C@@H]1C(c2ccc(O)cc2)[C@H](C(=O)N[C@H](Cc2ccc(O)cc2)C(=O)O)C1c1ccc(O)cc1O. The molecule has 13 heteroatoms. The molecule has 0 saturated heterocycles. The number of phenols is 5. The van der Waals surface area contributed by atoms with Gasteiger partial charge in [-0.25, -0.2) is 9.59 Å². The molecular formula is C36H34N2O11. The van der Waals surface area contributed by atoms with Crippen LogP contribution in [0.25, 0.3) is 0 Å². The molecule has 2 unspecified atom stereocenters. The van der Waals surface area contributed by atoms with E-state index in [4.69, 9.17) is 0 Å². The normalized spacial score (nSPS) is 19.5. The quantitative estimate of drug-likeness (QED) is 0.106. The molecule has 4 aromatic rings. The Morgan fingerprint density at radius 1 is 0.531 bits per heavy atom. The van der Waals surface area contributed by atoms with Crippen LogP contribution in [0.4, 0.5) is 0 Å². The largest absolute Gasteiger partial charge is 0.508 e. The Hall–Kier alpha value is -6.24. The van der Waals surface area contributed by atoms with E-state index in [2.05, 4.69) is 10.6 Å². The van der Waals surface area contributed by atoms with Crippen LogP contribution in [0.15, 0.2) is 91.0 Å². The summed E-state index contributed by atoms with van der Waals surface area (Å²) < 4.78 is 0. The number of amides is 2. The highest BCUT2D eigenvalue weighted by atomic mass is 16.4. The number of aromatic hydroxyl groups is 5. The lowest BCUT2D eigenvalue weighted by Crippen LogP contribution is -2.59. The van der Waals surface area contributed by atoms with Gasteiger partial charge < -0.3 is 46.4 Å². The zero-order chi connectivity index (χ0) is 35.4. The number of rotatable bonds is 12. The highest BCUT2D eigenvalue weighted by molar-refractivity contribution is 5.93. The Bertz CT molecular complexity index is 1760. The fraction of sp³-hybridized carbons (Fsp3) is 0.222. The van der Waals surface area contributed by atoms with Gasteiger partial charge in [0.1, 0.15) is 40.8 Å². The van der Waals surface area contributed by atoms with Crippen molar-refractivity contribution in [2.75, 3.05) is 0 Å². The topological polar surface area (TPSA) is 234 Å². The maximum absolute atomic E-state index is 14.1. The Kier molecular flexibility index (Phi) is 9.92. The molecule has 1 aliphatic rings. The van der Waals surface area contributed by atoms with E-state index in [9.17, 15) is 54.9 Å². The van der Waals surface area contributed by atoms with Gasteiger partial charge in [0.25, 0.3) is 0 Å².